The van der Waals surface area contributed by atoms with E-state index in [1.165, 1.54) is 5.56 Å². The molecule has 0 atom stereocenters. The normalized spacial score (nSPS) is 17.1. The van der Waals surface area contributed by atoms with Gasteiger partial charge in [-0.2, -0.15) is 0 Å². The Morgan fingerprint density at radius 2 is 1.91 bits per heavy atom. The number of hydrogen-bond acceptors (Lipinski definition) is 4. The van der Waals surface area contributed by atoms with Gasteiger partial charge in [0.2, 0.25) is 10.0 Å². The van der Waals surface area contributed by atoms with Crippen LogP contribution in [-0.2, 0) is 27.6 Å². The molecule has 6 heteroatoms. The first kappa shape index (κ1) is 18.4. The van der Waals surface area contributed by atoms with E-state index in [1.807, 2.05) is 6.07 Å². The Kier molecular flexibility index (Phi) is 7.02. The van der Waals surface area contributed by atoms with Crippen LogP contribution in [0.3, 0.4) is 0 Å². The van der Waals surface area contributed by atoms with Gasteiger partial charge in [-0.3, -0.25) is 4.90 Å². The molecule has 1 heterocycles. The van der Waals surface area contributed by atoms with Gasteiger partial charge in [0, 0.05) is 32.8 Å². The summed E-state index contributed by atoms with van der Waals surface area (Å²) in [5.41, 5.74) is 2.33. The van der Waals surface area contributed by atoms with Crippen LogP contribution >= 0.6 is 0 Å². The number of benzene rings is 1. The van der Waals surface area contributed by atoms with Gasteiger partial charge < -0.3 is 4.74 Å². The van der Waals surface area contributed by atoms with Crippen LogP contribution in [0.2, 0.25) is 0 Å². The zero-order valence-corrected chi connectivity index (χ0v) is 15.0. The Bertz CT molecular complexity index is 594. The maximum absolute atomic E-state index is 12.5. The minimum atomic E-state index is -3.44. The molecule has 1 aliphatic heterocycles. The zero-order valence-electron chi connectivity index (χ0n) is 14.2. The molecule has 1 fully saturated rings. The minimum Gasteiger partial charge on any atom is -0.380 e. The predicted octanol–water partition coefficient (Wildman–Crippen LogP) is 1.81. The fourth-order valence-corrected chi connectivity index (χ4v) is 3.96. The third-order valence-electron chi connectivity index (χ3n) is 4.28. The summed E-state index contributed by atoms with van der Waals surface area (Å²) in [5.74, 6) is 0. The van der Waals surface area contributed by atoms with Crippen molar-refractivity contribution >= 4 is 10.0 Å². The van der Waals surface area contributed by atoms with Crippen molar-refractivity contribution in [3.8, 4) is 0 Å². The number of aryl methyl sites for hydroxylation is 2. The summed E-state index contributed by atoms with van der Waals surface area (Å²) in [7, 11) is -3.44. The molecule has 0 radical (unpaired) electrons. The molecule has 1 aromatic carbocycles. The van der Waals surface area contributed by atoms with E-state index in [0.29, 0.717) is 11.4 Å². The minimum absolute atomic E-state index is 0.366. The maximum atomic E-state index is 12.5. The van der Waals surface area contributed by atoms with Gasteiger partial charge in [0.1, 0.15) is 0 Å². The molecule has 0 bridgehead atoms. The quantitative estimate of drug-likeness (QED) is 0.822. The summed E-state index contributed by atoms with van der Waals surface area (Å²) in [5, 5.41) is 0. The molecule has 0 spiro atoms. The van der Waals surface area contributed by atoms with Crippen LogP contribution in [0.1, 0.15) is 31.4 Å². The Balaban J connectivity index is 1.95. The molecular formula is C17H28N2O3S. The lowest BCUT2D eigenvalue weighted by molar-refractivity contribution is 0.142. The van der Waals surface area contributed by atoms with Gasteiger partial charge in [0.05, 0.1) is 11.5 Å². The number of nitrogens with zero attached hydrogens (tertiary/aromatic N) is 1. The second kappa shape index (κ2) is 8.78. The van der Waals surface area contributed by atoms with Crippen molar-refractivity contribution in [2.75, 3.05) is 39.4 Å². The summed E-state index contributed by atoms with van der Waals surface area (Å²) in [6.45, 7) is 8.65. The average molecular weight is 340 g/mol. The molecule has 0 aromatic heterocycles. The summed E-state index contributed by atoms with van der Waals surface area (Å²) >= 11 is 0. The number of rotatable bonds is 7. The van der Waals surface area contributed by atoms with Gasteiger partial charge in [-0.25, -0.2) is 13.1 Å². The van der Waals surface area contributed by atoms with Crippen LogP contribution in [0, 0.1) is 0 Å². The average Bonchev–Trinajstić information content (AvgIpc) is 2.82. The lowest BCUT2D eigenvalue weighted by Gasteiger charge is -2.19. The molecule has 0 amide bonds. The number of sulfonamides is 1. The van der Waals surface area contributed by atoms with E-state index in [2.05, 4.69) is 23.5 Å². The third-order valence-corrected chi connectivity index (χ3v) is 5.74. The predicted molar refractivity (Wildman–Crippen MR) is 92.3 cm³/mol. The first-order chi connectivity index (χ1) is 11.1. The highest BCUT2D eigenvalue weighted by Crippen LogP contribution is 2.17. The summed E-state index contributed by atoms with van der Waals surface area (Å²) < 4.78 is 33.0. The van der Waals surface area contributed by atoms with Crippen molar-refractivity contribution in [3.63, 3.8) is 0 Å². The van der Waals surface area contributed by atoms with E-state index >= 15 is 0 Å². The van der Waals surface area contributed by atoms with Crippen LogP contribution in [0.25, 0.3) is 0 Å². The molecule has 130 valence electrons. The second-order valence-corrected chi connectivity index (χ2v) is 7.61. The topological polar surface area (TPSA) is 58.6 Å². The fourth-order valence-electron chi connectivity index (χ4n) is 2.89. The molecule has 0 aliphatic carbocycles. The second-order valence-electron chi connectivity index (χ2n) is 5.84. The highest BCUT2D eigenvalue weighted by atomic mass is 32.2. The molecule has 1 aromatic rings. The van der Waals surface area contributed by atoms with E-state index in [1.54, 1.807) is 12.1 Å². The molecule has 2 rings (SSSR count). The van der Waals surface area contributed by atoms with Crippen LogP contribution in [0.4, 0.5) is 0 Å². The Labute approximate surface area is 140 Å². The van der Waals surface area contributed by atoms with Crippen molar-refractivity contribution in [1.29, 1.82) is 0 Å². The van der Waals surface area contributed by atoms with Crippen molar-refractivity contribution in [1.82, 2.24) is 9.62 Å². The van der Waals surface area contributed by atoms with Crippen molar-refractivity contribution in [3.05, 3.63) is 29.3 Å². The standard InChI is InChI=1S/C17H28N2O3S/c1-3-15-6-7-17(14-16(15)4-2)23(20,21)18-8-10-19-9-5-12-22-13-11-19/h6-7,14,18H,3-5,8-13H2,1-2H3. The van der Waals surface area contributed by atoms with Crippen molar-refractivity contribution in [2.45, 2.75) is 38.0 Å². The fraction of sp³-hybridized carbons (Fsp3) is 0.647. The van der Waals surface area contributed by atoms with Crippen LogP contribution in [0.15, 0.2) is 23.1 Å². The molecule has 1 aliphatic rings. The first-order valence-electron chi connectivity index (χ1n) is 8.48. The largest absolute Gasteiger partial charge is 0.380 e. The Hall–Kier alpha value is -0.950. The number of ether oxygens (including phenoxy) is 1. The lowest BCUT2D eigenvalue weighted by Crippen LogP contribution is -2.36. The van der Waals surface area contributed by atoms with Crippen LogP contribution in [0.5, 0.6) is 0 Å². The van der Waals surface area contributed by atoms with E-state index in [9.17, 15) is 8.42 Å². The maximum Gasteiger partial charge on any atom is 0.240 e. The number of nitrogens with one attached hydrogen (secondary N) is 1. The van der Waals surface area contributed by atoms with E-state index in [0.717, 1.165) is 57.7 Å². The van der Waals surface area contributed by atoms with Gasteiger partial charge >= 0.3 is 0 Å². The van der Waals surface area contributed by atoms with E-state index < -0.39 is 10.0 Å². The van der Waals surface area contributed by atoms with Gasteiger partial charge in [0.15, 0.2) is 0 Å². The number of hydrogen-bond donors (Lipinski definition) is 1. The summed E-state index contributed by atoms with van der Waals surface area (Å²) in [6, 6.07) is 5.45. The summed E-state index contributed by atoms with van der Waals surface area (Å²) in [6.07, 6.45) is 2.78. The van der Waals surface area contributed by atoms with Crippen LogP contribution < -0.4 is 4.72 Å². The smallest absolute Gasteiger partial charge is 0.240 e. The van der Waals surface area contributed by atoms with Crippen LogP contribution in [-0.4, -0.2) is 52.7 Å². The Morgan fingerprint density at radius 1 is 1.13 bits per heavy atom. The summed E-state index contributed by atoms with van der Waals surface area (Å²) in [4.78, 5) is 2.61. The molecular weight excluding hydrogens is 312 g/mol. The van der Waals surface area contributed by atoms with Crippen molar-refractivity contribution in [2.24, 2.45) is 0 Å². The third kappa shape index (κ3) is 5.28. The monoisotopic (exact) mass is 340 g/mol. The zero-order chi connectivity index (χ0) is 16.7. The van der Waals surface area contributed by atoms with Gasteiger partial charge in [-0.05, 0) is 42.5 Å². The lowest BCUT2D eigenvalue weighted by atomic mass is 10.0. The first-order valence-corrected chi connectivity index (χ1v) is 9.96. The van der Waals surface area contributed by atoms with Gasteiger partial charge in [-0.15, -0.1) is 0 Å². The highest BCUT2D eigenvalue weighted by molar-refractivity contribution is 7.89. The van der Waals surface area contributed by atoms with Crippen molar-refractivity contribution < 1.29 is 13.2 Å². The van der Waals surface area contributed by atoms with Gasteiger partial charge in [-0.1, -0.05) is 19.9 Å². The highest BCUT2D eigenvalue weighted by Gasteiger charge is 2.16. The SMILES string of the molecule is CCc1ccc(S(=O)(=O)NCCN2CCCOCC2)cc1CC. The molecule has 1 N–H and O–H groups in total. The molecule has 0 saturated carbocycles. The molecule has 0 unspecified atom stereocenters. The molecule has 5 nitrogen and oxygen atoms in total. The Morgan fingerprint density at radius 3 is 2.65 bits per heavy atom. The van der Waals surface area contributed by atoms with E-state index in [-0.39, 0.29) is 0 Å². The van der Waals surface area contributed by atoms with Gasteiger partial charge in [0.25, 0.3) is 0 Å². The molecule has 23 heavy (non-hydrogen) atoms. The van der Waals surface area contributed by atoms with E-state index in [4.69, 9.17) is 4.74 Å². The molecule has 1 saturated heterocycles.